The molecule has 1 aliphatic rings. The lowest BCUT2D eigenvalue weighted by atomic mass is 10.1. The first-order valence-corrected chi connectivity index (χ1v) is 5.15. The van der Waals surface area contributed by atoms with Crippen molar-refractivity contribution in [3.8, 4) is 0 Å². The summed E-state index contributed by atoms with van der Waals surface area (Å²) in [5.41, 5.74) is 0.929. The predicted molar refractivity (Wildman–Crippen MR) is 57.1 cm³/mol. The van der Waals surface area contributed by atoms with Gasteiger partial charge in [0.25, 0.3) is 0 Å². The largest absolute Gasteiger partial charge is 0.480 e. The Morgan fingerprint density at radius 1 is 1.56 bits per heavy atom. The summed E-state index contributed by atoms with van der Waals surface area (Å²) >= 11 is 0. The third-order valence-electron chi connectivity index (χ3n) is 3.27. The normalized spacial score (nSPS) is 17.6. The molecule has 82 valence electrons. The molecule has 1 N–H and O–H groups in total. The molecular formula is C11H11N3O2. The molecule has 0 aromatic carbocycles. The average molecular weight is 217 g/mol. The van der Waals surface area contributed by atoms with Crippen LogP contribution in [0, 0.1) is 0 Å². The van der Waals surface area contributed by atoms with E-state index in [9.17, 15) is 9.90 Å². The van der Waals surface area contributed by atoms with E-state index >= 15 is 0 Å². The van der Waals surface area contributed by atoms with Crippen molar-refractivity contribution in [3.63, 3.8) is 0 Å². The Morgan fingerprint density at radius 3 is 2.88 bits per heavy atom. The minimum Gasteiger partial charge on any atom is -0.480 e. The number of hydrogen-bond donors (Lipinski definition) is 1. The van der Waals surface area contributed by atoms with Gasteiger partial charge in [0.15, 0.2) is 0 Å². The summed E-state index contributed by atoms with van der Waals surface area (Å²) in [6.45, 7) is 0. The predicted octanol–water partition coefficient (Wildman–Crippen LogP) is 1.08. The fraction of sp³-hybridized carbons (Fsp3) is 0.364. The van der Waals surface area contributed by atoms with Crippen molar-refractivity contribution in [1.29, 1.82) is 0 Å². The fourth-order valence-corrected chi connectivity index (χ4v) is 2.14. The number of aliphatic carboxylic acids is 1. The topological polar surface area (TPSA) is 68.0 Å². The van der Waals surface area contributed by atoms with Gasteiger partial charge in [0, 0.05) is 13.2 Å². The van der Waals surface area contributed by atoms with Gasteiger partial charge in [-0.3, -0.25) is 9.78 Å². The van der Waals surface area contributed by atoms with Crippen LogP contribution >= 0.6 is 0 Å². The Kier molecular flexibility index (Phi) is 1.64. The molecule has 3 rings (SSSR count). The van der Waals surface area contributed by atoms with Gasteiger partial charge in [0.05, 0.1) is 11.7 Å². The zero-order chi connectivity index (χ0) is 11.3. The first kappa shape index (κ1) is 9.33. The second-order valence-electron chi connectivity index (χ2n) is 4.25. The fourth-order valence-electron chi connectivity index (χ4n) is 2.14. The van der Waals surface area contributed by atoms with Crippen molar-refractivity contribution < 1.29 is 9.90 Å². The second-order valence-corrected chi connectivity index (χ2v) is 4.25. The number of carboxylic acid groups (broad SMARTS) is 1. The van der Waals surface area contributed by atoms with Gasteiger partial charge in [-0.05, 0) is 18.9 Å². The number of carboxylic acids is 1. The van der Waals surface area contributed by atoms with Crippen molar-refractivity contribution in [2.75, 3.05) is 0 Å². The molecule has 2 aromatic rings. The Hall–Kier alpha value is -1.91. The highest BCUT2D eigenvalue weighted by atomic mass is 16.4. The quantitative estimate of drug-likeness (QED) is 0.817. The highest BCUT2D eigenvalue weighted by Gasteiger charge is 2.55. The Bertz CT molecular complexity index is 584. The molecule has 0 atom stereocenters. The number of aryl methyl sites for hydroxylation is 1. The molecule has 1 aliphatic carbocycles. The van der Waals surface area contributed by atoms with Gasteiger partial charge in [-0.2, -0.15) is 0 Å². The van der Waals surface area contributed by atoms with E-state index in [-0.39, 0.29) is 0 Å². The minimum absolute atomic E-state index is 0.642. The number of hydrogen-bond acceptors (Lipinski definition) is 3. The van der Waals surface area contributed by atoms with E-state index in [0.717, 1.165) is 11.0 Å². The number of nitrogens with zero attached hydrogens (tertiary/aromatic N) is 3. The van der Waals surface area contributed by atoms with Gasteiger partial charge >= 0.3 is 5.97 Å². The summed E-state index contributed by atoms with van der Waals surface area (Å²) in [6, 6.07) is 1.85. The SMILES string of the molecule is Cn1c(C2(C(=O)O)CC2)nc2cnccc21. The van der Waals surface area contributed by atoms with Gasteiger partial charge in [-0.15, -0.1) is 0 Å². The summed E-state index contributed by atoms with van der Waals surface area (Å²) in [6.07, 6.45) is 4.70. The Balaban J connectivity index is 2.26. The first-order chi connectivity index (χ1) is 7.65. The number of aromatic nitrogens is 3. The molecule has 0 spiro atoms. The number of pyridine rings is 1. The zero-order valence-electron chi connectivity index (χ0n) is 8.84. The van der Waals surface area contributed by atoms with Gasteiger partial charge in [-0.1, -0.05) is 0 Å². The van der Waals surface area contributed by atoms with E-state index in [1.807, 2.05) is 17.7 Å². The van der Waals surface area contributed by atoms with E-state index in [1.165, 1.54) is 0 Å². The molecular weight excluding hydrogens is 206 g/mol. The second kappa shape index (κ2) is 2.81. The van der Waals surface area contributed by atoms with Gasteiger partial charge in [0.2, 0.25) is 0 Å². The average Bonchev–Trinajstić information content (AvgIpc) is 3.01. The number of fused-ring (bicyclic) bond motifs is 1. The third kappa shape index (κ3) is 1.02. The molecule has 2 aromatic heterocycles. The number of carbonyl (C=O) groups is 1. The monoisotopic (exact) mass is 217 g/mol. The van der Waals surface area contributed by atoms with Crippen LogP contribution in [-0.2, 0) is 17.3 Å². The van der Waals surface area contributed by atoms with E-state index in [1.54, 1.807) is 12.4 Å². The van der Waals surface area contributed by atoms with Gasteiger partial charge in [-0.25, -0.2) is 4.98 Å². The minimum atomic E-state index is -0.779. The van der Waals surface area contributed by atoms with Crippen LogP contribution in [0.1, 0.15) is 18.7 Å². The van der Waals surface area contributed by atoms with Crippen LogP contribution in [0.5, 0.6) is 0 Å². The van der Waals surface area contributed by atoms with Crippen molar-refractivity contribution >= 4 is 17.0 Å². The van der Waals surface area contributed by atoms with Crippen LogP contribution in [0.3, 0.4) is 0 Å². The molecule has 0 radical (unpaired) electrons. The molecule has 0 saturated heterocycles. The van der Waals surface area contributed by atoms with Crippen LogP contribution < -0.4 is 0 Å². The Labute approximate surface area is 91.7 Å². The maximum Gasteiger partial charge on any atom is 0.317 e. The first-order valence-electron chi connectivity index (χ1n) is 5.15. The van der Waals surface area contributed by atoms with Crippen LogP contribution in [0.15, 0.2) is 18.5 Å². The van der Waals surface area contributed by atoms with E-state index in [0.29, 0.717) is 18.7 Å². The Morgan fingerprint density at radius 2 is 2.31 bits per heavy atom. The molecule has 16 heavy (non-hydrogen) atoms. The van der Waals surface area contributed by atoms with Crippen molar-refractivity contribution in [2.45, 2.75) is 18.3 Å². The van der Waals surface area contributed by atoms with Crippen LogP contribution in [0.2, 0.25) is 0 Å². The lowest BCUT2D eigenvalue weighted by Gasteiger charge is -2.09. The van der Waals surface area contributed by atoms with Crippen molar-refractivity contribution in [3.05, 3.63) is 24.3 Å². The molecule has 0 aliphatic heterocycles. The highest BCUT2D eigenvalue weighted by Crippen LogP contribution is 2.48. The molecule has 5 heteroatoms. The van der Waals surface area contributed by atoms with Crippen molar-refractivity contribution in [1.82, 2.24) is 14.5 Å². The van der Waals surface area contributed by atoms with Crippen LogP contribution in [-0.4, -0.2) is 25.6 Å². The zero-order valence-corrected chi connectivity index (χ0v) is 8.84. The maximum absolute atomic E-state index is 11.2. The molecule has 1 saturated carbocycles. The van der Waals surface area contributed by atoms with Gasteiger partial charge in [0.1, 0.15) is 16.8 Å². The lowest BCUT2D eigenvalue weighted by Crippen LogP contribution is -2.23. The van der Waals surface area contributed by atoms with E-state index < -0.39 is 11.4 Å². The third-order valence-corrected chi connectivity index (χ3v) is 3.27. The van der Waals surface area contributed by atoms with Crippen molar-refractivity contribution in [2.24, 2.45) is 7.05 Å². The van der Waals surface area contributed by atoms with Crippen LogP contribution in [0.25, 0.3) is 11.0 Å². The summed E-state index contributed by atoms with van der Waals surface area (Å²) < 4.78 is 1.86. The summed E-state index contributed by atoms with van der Waals surface area (Å²) in [4.78, 5) is 19.6. The summed E-state index contributed by atoms with van der Waals surface area (Å²) in [5, 5.41) is 9.24. The number of imidazole rings is 1. The number of rotatable bonds is 2. The lowest BCUT2D eigenvalue weighted by molar-refractivity contribution is -0.140. The molecule has 1 fully saturated rings. The van der Waals surface area contributed by atoms with E-state index in [2.05, 4.69) is 9.97 Å². The maximum atomic E-state index is 11.2. The van der Waals surface area contributed by atoms with E-state index in [4.69, 9.17) is 0 Å². The summed E-state index contributed by atoms with van der Waals surface area (Å²) in [5.74, 6) is -0.137. The molecule has 0 unspecified atom stereocenters. The molecule has 5 nitrogen and oxygen atoms in total. The molecule has 2 heterocycles. The van der Waals surface area contributed by atoms with Crippen LogP contribution in [0.4, 0.5) is 0 Å². The summed E-state index contributed by atoms with van der Waals surface area (Å²) in [7, 11) is 1.85. The molecule has 0 amide bonds. The standard InChI is InChI=1S/C11H11N3O2/c1-14-8-2-5-12-6-7(8)13-9(14)11(3-4-11)10(15)16/h2,5-6H,3-4H2,1H3,(H,15,16). The molecule has 0 bridgehead atoms. The highest BCUT2D eigenvalue weighted by molar-refractivity contribution is 5.86. The van der Waals surface area contributed by atoms with Gasteiger partial charge < -0.3 is 9.67 Å². The smallest absolute Gasteiger partial charge is 0.317 e.